The summed E-state index contributed by atoms with van der Waals surface area (Å²) < 4.78 is 27.5. The maximum Gasteiger partial charge on any atom is 0.252 e. The molecule has 0 aliphatic heterocycles. The van der Waals surface area contributed by atoms with Crippen LogP contribution in [0.5, 0.6) is 0 Å². The number of aromatic nitrogens is 1. The van der Waals surface area contributed by atoms with Gasteiger partial charge in [-0.2, -0.15) is 4.31 Å². The Bertz CT molecular complexity index is 1140. The number of benzene rings is 2. The van der Waals surface area contributed by atoms with Crippen molar-refractivity contribution in [3.63, 3.8) is 0 Å². The lowest BCUT2D eigenvalue weighted by molar-refractivity contribution is 0.267. The predicted octanol–water partition coefficient (Wildman–Crippen LogP) is 2.72. The fraction of sp³-hybridized carbons (Fsp3) is 0.286. The molecular weight excluding hydrogens is 376 g/mol. The summed E-state index contributed by atoms with van der Waals surface area (Å²) in [4.78, 5) is 15.6. The van der Waals surface area contributed by atoms with Gasteiger partial charge in [-0.1, -0.05) is 35.9 Å². The number of rotatable bonds is 7. The molecule has 2 aromatic carbocycles. The van der Waals surface area contributed by atoms with E-state index in [0.29, 0.717) is 5.56 Å². The number of pyridine rings is 1. The molecule has 0 aliphatic carbocycles. The first kappa shape index (κ1) is 20.3. The average Bonchev–Trinajstić information content (AvgIpc) is 2.66. The van der Waals surface area contributed by atoms with Crippen LogP contribution in [-0.4, -0.2) is 36.0 Å². The summed E-state index contributed by atoms with van der Waals surface area (Å²) in [5, 5.41) is 10.0. The number of fused-ring (bicyclic) bond motifs is 1. The van der Waals surface area contributed by atoms with Gasteiger partial charge in [-0.15, -0.1) is 0 Å². The molecule has 1 heterocycles. The van der Waals surface area contributed by atoms with Crippen LogP contribution in [-0.2, 0) is 16.6 Å². The summed E-state index contributed by atoms with van der Waals surface area (Å²) in [6, 6.07) is 14.0. The van der Waals surface area contributed by atoms with Gasteiger partial charge in [0.25, 0.3) is 5.56 Å². The minimum atomic E-state index is -3.80. The highest BCUT2D eigenvalue weighted by atomic mass is 32.2. The lowest BCUT2D eigenvalue weighted by Gasteiger charge is -2.22. The molecule has 7 heteroatoms. The Morgan fingerprint density at radius 2 is 1.79 bits per heavy atom. The number of aliphatic hydroxyl groups is 1. The van der Waals surface area contributed by atoms with Crippen molar-refractivity contribution < 1.29 is 13.5 Å². The number of sulfonamides is 1. The van der Waals surface area contributed by atoms with Crippen LogP contribution in [0.4, 0.5) is 0 Å². The third kappa shape index (κ3) is 4.16. The van der Waals surface area contributed by atoms with E-state index in [2.05, 4.69) is 4.98 Å². The van der Waals surface area contributed by atoms with Crippen LogP contribution < -0.4 is 5.56 Å². The first-order valence-corrected chi connectivity index (χ1v) is 10.6. The van der Waals surface area contributed by atoms with Crippen LogP contribution in [0.2, 0.25) is 0 Å². The predicted molar refractivity (Wildman–Crippen MR) is 110 cm³/mol. The molecule has 0 saturated carbocycles. The Labute approximate surface area is 164 Å². The van der Waals surface area contributed by atoms with Gasteiger partial charge in [0.1, 0.15) is 0 Å². The van der Waals surface area contributed by atoms with Crippen molar-refractivity contribution in [1.29, 1.82) is 0 Å². The van der Waals surface area contributed by atoms with E-state index in [1.807, 2.05) is 32.0 Å². The van der Waals surface area contributed by atoms with Gasteiger partial charge in [0, 0.05) is 25.3 Å². The first-order valence-electron chi connectivity index (χ1n) is 9.12. The number of nitrogens with one attached hydrogen (secondary N) is 1. The van der Waals surface area contributed by atoms with Gasteiger partial charge in [-0.05, 0) is 49.4 Å². The second-order valence-electron chi connectivity index (χ2n) is 6.89. The van der Waals surface area contributed by atoms with Gasteiger partial charge in [0.2, 0.25) is 10.0 Å². The van der Waals surface area contributed by atoms with Crippen LogP contribution in [0.1, 0.15) is 23.1 Å². The zero-order valence-electron chi connectivity index (χ0n) is 16.0. The smallest absolute Gasteiger partial charge is 0.252 e. The van der Waals surface area contributed by atoms with Crippen LogP contribution in [0.15, 0.2) is 58.2 Å². The molecule has 28 heavy (non-hydrogen) atoms. The normalized spacial score (nSPS) is 12.0. The molecule has 1 aromatic heterocycles. The molecule has 0 radical (unpaired) electrons. The van der Waals surface area contributed by atoms with E-state index in [-0.39, 0.29) is 36.6 Å². The summed E-state index contributed by atoms with van der Waals surface area (Å²) in [5.74, 6) is 0. The lowest BCUT2D eigenvalue weighted by atomic mass is 10.1. The summed E-state index contributed by atoms with van der Waals surface area (Å²) in [6.45, 7) is 3.73. The number of hydrogen-bond donors (Lipinski definition) is 2. The molecule has 0 fully saturated rings. The maximum absolute atomic E-state index is 13.1. The molecule has 0 spiro atoms. The minimum Gasteiger partial charge on any atom is -0.396 e. The van der Waals surface area contributed by atoms with Crippen LogP contribution in [0.25, 0.3) is 10.9 Å². The topological polar surface area (TPSA) is 90.5 Å². The van der Waals surface area contributed by atoms with E-state index >= 15 is 0 Å². The fourth-order valence-corrected chi connectivity index (χ4v) is 4.58. The third-order valence-corrected chi connectivity index (χ3v) is 6.60. The molecule has 0 atom stereocenters. The Morgan fingerprint density at radius 1 is 1.07 bits per heavy atom. The van der Waals surface area contributed by atoms with E-state index < -0.39 is 10.0 Å². The quantitative estimate of drug-likeness (QED) is 0.638. The van der Waals surface area contributed by atoms with E-state index in [1.165, 1.54) is 4.31 Å². The van der Waals surface area contributed by atoms with E-state index in [0.717, 1.165) is 22.0 Å². The van der Waals surface area contributed by atoms with Crippen molar-refractivity contribution in [1.82, 2.24) is 9.29 Å². The van der Waals surface area contributed by atoms with Crippen LogP contribution in [0, 0.1) is 13.8 Å². The van der Waals surface area contributed by atoms with Gasteiger partial charge in [-0.3, -0.25) is 4.79 Å². The largest absolute Gasteiger partial charge is 0.396 e. The standard InChI is InChI=1S/C21H24N2O4S/c1-15-7-9-19(10-8-15)28(26,27)23(11-4-12-24)14-18-13-17-6-3-5-16(2)20(17)22-21(18)25/h3,5-10,13,24H,4,11-12,14H2,1-2H3,(H,22,25). The Hall–Kier alpha value is -2.48. The van der Waals surface area contributed by atoms with Crippen molar-refractivity contribution >= 4 is 20.9 Å². The van der Waals surface area contributed by atoms with E-state index in [4.69, 9.17) is 0 Å². The van der Waals surface area contributed by atoms with Crippen molar-refractivity contribution in [2.24, 2.45) is 0 Å². The van der Waals surface area contributed by atoms with E-state index in [1.54, 1.807) is 30.3 Å². The Morgan fingerprint density at radius 3 is 2.46 bits per heavy atom. The zero-order chi connectivity index (χ0) is 20.3. The van der Waals surface area contributed by atoms with Gasteiger partial charge in [-0.25, -0.2) is 8.42 Å². The second-order valence-corrected chi connectivity index (χ2v) is 8.83. The summed E-state index contributed by atoms with van der Waals surface area (Å²) in [6.07, 6.45) is 0.287. The summed E-state index contributed by atoms with van der Waals surface area (Å²) in [7, 11) is -3.80. The lowest BCUT2D eigenvalue weighted by Crippen LogP contribution is -2.34. The summed E-state index contributed by atoms with van der Waals surface area (Å²) in [5.41, 5.74) is 2.72. The highest BCUT2D eigenvalue weighted by molar-refractivity contribution is 7.89. The Balaban J connectivity index is 2.01. The molecule has 0 bridgehead atoms. The average molecular weight is 401 g/mol. The third-order valence-electron chi connectivity index (χ3n) is 4.74. The number of aryl methyl sites for hydroxylation is 2. The number of hydrogen-bond acceptors (Lipinski definition) is 4. The van der Waals surface area contributed by atoms with Gasteiger partial charge in [0.05, 0.1) is 10.4 Å². The van der Waals surface area contributed by atoms with Crippen LogP contribution >= 0.6 is 0 Å². The molecule has 3 rings (SSSR count). The molecule has 0 saturated heterocycles. The SMILES string of the molecule is Cc1ccc(S(=O)(=O)N(CCCO)Cc2cc3cccc(C)c3[nH]c2=O)cc1. The van der Waals surface area contributed by atoms with Crippen molar-refractivity contribution in [2.45, 2.75) is 31.7 Å². The second kappa shape index (κ2) is 8.26. The molecule has 3 aromatic rings. The number of aliphatic hydroxyl groups excluding tert-OH is 1. The van der Waals surface area contributed by atoms with Gasteiger partial charge >= 0.3 is 0 Å². The molecule has 148 valence electrons. The highest BCUT2D eigenvalue weighted by Gasteiger charge is 2.25. The monoisotopic (exact) mass is 400 g/mol. The molecule has 2 N–H and O–H groups in total. The number of para-hydroxylation sites is 1. The molecular formula is C21H24N2O4S. The van der Waals surface area contributed by atoms with Crippen molar-refractivity contribution in [3.05, 3.63) is 75.6 Å². The summed E-state index contributed by atoms with van der Waals surface area (Å²) >= 11 is 0. The van der Waals surface area contributed by atoms with Gasteiger partial charge < -0.3 is 10.1 Å². The van der Waals surface area contributed by atoms with Gasteiger partial charge in [0.15, 0.2) is 0 Å². The van der Waals surface area contributed by atoms with Crippen LogP contribution in [0.3, 0.4) is 0 Å². The van der Waals surface area contributed by atoms with Crippen molar-refractivity contribution in [3.8, 4) is 0 Å². The number of nitrogens with zero attached hydrogens (tertiary/aromatic N) is 1. The maximum atomic E-state index is 13.1. The Kier molecular flexibility index (Phi) is 5.98. The highest BCUT2D eigenvalue weighted by Crippen LogP contribution is 2.20. The zero-order valence-corrected chi connectivity index (χ0v) is 16.8. The molecule has 6 nitrogen and oxygen atoms in total. The molecule has 0 amide bonds. The van der Waals surface area contributed by atoms with Crippen molar-refractivity contribution in [2.75, 3.05) is 13.2 Å². The minimum absolute atomic E-state index is 0.0601. The number of H-pyrrole nitrogens is 1. The fourth-order valence-electron chi connectivity index (χ4n) is 3.13. The number of aromatic amines is 1. The van der Waals surface area contributed by atoms with E-state index in [9.17, 15) is 18.3 Å². The molecule has 0 unspecified atom stereocenters. The molecule has 0 aliphatic rings. The first-order chi connectivity index (χ1) is 13.3.